The fourth-order valence-corrected chi connectivity index (χ4v) is 5.65. The number of hydrogen-bond donors (Lipinski definition) is 4. The number of carbonyl (C=O) groups excluding carboxylic acids is 1. The maximum absolute atomic E-state index is 12.3. The Morgan fingerprint density at radius 3 is 2.85 bits per heavy atom. The van der Waals surface area contributed by atoms with Crippen molar-refractivity contribution in [2.24, 2.45) is 5.73 Å². The monoisotopic (exact) mass is 365 g/mol. The molecule has 27 heavy (non-hydrogen) atoms. The summed E-state index contributed by atoms with van der Waals surface area (Å²) in [7, 11) is 0. The number of nitrogens with two attached hydrogens (primary N) is 1. The molecule has 1 saturated heterocycles. The number of piperidine rings is 1. The van der Waals surface area contributed by atoms with Gasteiger partial charge in [-0.1, -0.05) is 23.8 Å². The van der Waals surface area contributed by atoms with E-state index in [-0.39, 0.29) is 11.6 Å². The third kappa shape index (κ3) is 2.08. The van der Waals surface area contributed by atoms with Gasteiger partial charge in [-0.05, 0) is 49.1 Å². The van der Waals surface area contributed by atoms with Crippen LogP contribution in [0.25, 0.3) is 0 Å². The second kappa shape index (κ2) is 5.30. The molecule has 5 N–H and O–H groups in total. The van der Waals surface area contributed by atoms with Crippen LogP contribution >= 0.6 is 0 Å². The molecule has 1 amide bonds. The van der Waals surface area contributed by atoms with Crippen molar-refractivity contribution in [3.05, 3.63) is 68.1 Å². The fraction of sp³-hybridized carbons (Fsp3) is 0.429. The highest BCUT2D eigenvalue weighted by Gasteiger charge is 2.62. The molecule has 1 aromatic heterocycles. The van der Waals surface area contributed by atoms with Crippen molar-refractivity contribution < 1.29 is 9.90 Å². The SMILES string of the molecule is Cc1ccc2c(c1)[C@]13CCN[C@H](C2)[C@]1(O)Cc1cc(C(N)=O)c(=O)[nH]c1C3. The van der Waals surface area contributed by atoms with Crippen LogP contribution in [0.1, 0.15) is 44.7 Å². The largest absolute Gasteiger partial charge is 0.387 e. The van der Waals surface area contributed by atoms with E-state index in [1.54, 1.807) is 6.07 Å². The molecule has 0 unspecified atom stereocenters. The molecule has 5 rings (SSSR count). The Labute approximate surface area is 156 Å². The highest BCUT2D eigenvalue weighted by molar-refractivity contribution is 5.92. The molecular weight excluding hydrogens is 342 g/mol. The number of carbonyl (C=O) groups is 1. The van der Waals surface area contributed by atoms with Gasteiger partial charge < -0.3 is 21.1 Å². The number of rotatable bonds is 1. The number of primary amides is 1. The summed E-state index contributed by atoms with van der Waals surface area (Å²) in [6.45, 7) is 2.90. The molecule has 2 bridgehead atoms. The zero-order valence-electron chi connectivity index (χ0n) is 15.3. The molecule has 2 heterocycles. The van der Waals surface area contributed by atoms with Gasteiger partial charge in [-0.25, -0.2) is 0 Å². The van der Waals surface area contributed by atoms with E-state index in [0.717, 1.165) is 30.6 Å². The van der Waals surface area contributed by atoms with Crippen LogP contribution in [0.2, 0.25) is 0 Å². The van der Waals surface area contributed by atoms with Crippen molar-refractivity contribution in [3.63, 3.8) is 0 Å². The lowest BCUT2D eigenvalue weighted by Crippen LogP contribution is -2.73. The number of aromatic amines is 1. The van der Waals surface area contributed by atoms with Gasteiger partial charge in [0.1, 0.15) is 5.56 Å². The first-order chi connectivity index (χ1) is 12.8. The normalized spacial score (nSPS) is 30.8. The summed E-state index contributed by atoms with van der Waals surface area (Å²) in [5, 5.41) is 15.5. The number of aliphatic hydroxyl groups is 1. The van der Waals surface area contributed by atoms with Crippen LogP contribution in [0, 0.1) is 6.92 Å². The van der Waals surface area contributed by atoms with E-state index < -0.39 is 22.5 Å². The highest BCUT2D eigenvalue weighted by Crippen LogP contribution is 2.54. The lowest BCUT2D eigenvalue weighted by molar-refractivity contribution is -0.106. The summed E-state index contributed by atoms with van der Waals surface area (Å²) >= 11 is 0. The third-order valence-corrected chi connectivity index (χ3v) is 6.97. The minimum Gasteiger partial charge on any atom is -0.387 e. The van der Waals surface area contributed by atoms with E-state index in [1.165, 1.54) is 16.7 Å². The van der Waals surface area contributed by atoms with E-state index >= 15 is 0 Å². The molecular formula is C21H23N3O3. The van der Waals surface area contributed by atoms with Crippen LogP contribution in [0.4, 0.5) is 0 Å². The van der Waals surface area contributed by atoms with Crippen LogP contribution in [0.3, 0.4) is 0 Å². The van der Waals surface area contributed by atoms with Crippen molar-refractivity contribution in [1.82, 2.24) is 10.3 Å². The Balaban J connectivity index is 1.76. The molecule has 2 aromatic rings. The quantitative estimate of drug-likeness (QED) is 0.589. The van der Waals surface area contributed by atoms with Gasteiger partial charge in [-0.3, -0.25) is 9.59 Å². The van der Waals surface area contributed by atoms with Gasteiger partial charge in [0, 0.05) is 30.0 Å². The lowest BCUT2D eigenvalue weighted by atomic mass is 9.49. The maximum Gasteiger partial charge on any atom is 0.261 e. The summed E-state index contributed by atoms with van der Waals surface area (Å²) in [5.41, 5.74) is 8.71. The first-order valence-corrected chi connectivity index (χ1v) is 9.45. The van der Waals surface area contributed by atoms with Gasteiger partial charge >= 0.3 is 0 Å². The van der Waals surface area contributed by atoms with E-state index in [9.17, 15) is 14.7 Å². The van der Waals surface area contributed by atoms with E-state index in [2.05, 4.69) is 35.4 Å². The predicted octanol–water partition coefficient (Wildman–Crippen LogP) is 0.468. The van der Waals surface area contributed by atoms with Gasteiger partial charge in [0.25, 0.3) is 11.5 Å². The number of aryl methyl sites for hydroxylation is 1. The first-order valence-electron chi connectivity index (χ1n) is 9.45. The van der Waals surface area contributed by atoms with Crippen molar-refractivity contribution in [1.29, 1.82) is 0 Å². The number of fused-ring (bicyclic) bond motifs is 2. The molecule has 3 atom stereocenters. The Kier molecular flexibility index (Phi) is 3.28. The molecule has 1 aliphatic heterocycles. The van der Waals surface area contributed by atoms with Crippen molar-refractivity contribution in [2.75, 3.05) is 6.54 Å². The van der Waals surface area contributed by atoms with E-state index in [0.29, 0.717) is 12.8 Å². The molecule has 0 saturated carbocycles. The van der Waals surface area contributed by atoms with E-state index in [4.69, 9.17) is 5.73 Å². The van der Waals surface area contributed by atoms with Gasteiger partial charge in [0.15, 0.2) is 0 Å². The molecule has 2 aliphatic carbocycles. The Morgan fingerprint density at radius 1 is 1.26 bits per heavy atom. The third-order valence-electron chi connectivity index (χ3n) is 6.97. The smallest absolute Gasteiger partial charge is 0.261 e. The molecule has 3 aliphatic rings. The van der Waals surface area contributed by atoms with Crippen LogP contribution < -0.4 is 16.6 Å². The van der Waals surface area contributed by atoms with Crippen LogP contribution in [0.5, 0.6) is 0 Å². The summed E-state index contributed by atoms with van der Waals surface area (Å²) in [6, 6.07) is 8.00. The number of pyridine rings is 1. The summed E-state index contributed by atoms with van der Waals surface area (Å²) in [5.74, 6) is -0.741. The van der Waals surface area contributed by atoms with Crippen molar-refractivity contribution in [2.45, 2.75) is 49.7 Å². The lowest BCUT2D eigenvalue weighted by Gasteiger charge is -2.61. The average Bonchev–Trinajstić information content (AvgIpc) is 2.60. The summed E-state index contributed by atoms with van der Waals surface area (Å²) in [6.07, 6.45) is 2.52. The minimum absolute atomic E-state index is 0.0431. The number of benzene rings is 1. The number of H-pyrrole nitrogens is 1. The zero-order valence-corrected chi connectivity index (χ0v) is 15.3. The fourth-order valence-electron chi connectivity index (χ4n) is 5.65. The van der Waals surface area contributed by atoms with Gasteiger partial charge in [0.05, 0.1) is 5.60 Å². The topological polar surface area (TPSA) is 108 Å². The minimum atomic E-state index is -0.966. The molecule has 6 nitrogen and oxygen atoms in total. The molecule has 0 spiro atoms. The highest BCUT2D eigenvalue weighted by atomic mass is 16.3. The molecule has 1 fully saturated rings. The average molecular weight is 365 g/mol. The Morgan fingerprint density at radius 2 is 2.07 bits per heavy atom. The number of hydrogen-bond acceptors (Lipinski definition) is 4. The molecule has 0 radical (unpaired) electrons. The predicted molar refractivity (Wildman–Crippen MR) is 101 cm³/mol. The van der Waals surface area contributed by atoms with Crippen LogP contribution in [-0.2, 0) is 24.7 Å². The van der Waals surface area contributed by atoms with E-state index in [1.807, 2.05) is 0 Å². The van der Waals surface area contributed by atoms with Gasteiger partial charge in [-0.2, -0.15) is 0 Å². The standard InChI is InChI=1S/C21H23N3O3/c1-11-2-3-12-8-17-21(27)9-13-7-14(18(22)25)19(26)24-16(13)10-20(21,4-5-23-17)15(12)6-11/h2-3,6-7,17,23,27H,4-5,8-10H2,1H3,(H2,22,25)(H,24,26)/t17-,20-,21-/m1/s1. The number of aromatic nitrogens is 1. The van der Waals surface area contributed by atoms with Crippen LogP contribution in [0.15, 0.2) is 29.1 Å². The molecule has 6 heteroatoms. The second-order valence-corrected chi connectivity index (χ2v) is 8.36. The Bertz CT molecular complexity index is 1040. The van der Waals surface area contributed by atoms with Gasteiger partial charge in [0.2, 0.25) is 0 Å². The zero-order chi connectivity index (χ0) is 19.0. The second-order valence-electron chi connectivity index (χ2n) is 8.36. The van der Waals surface area contributed by atoms with Crippen LogP contribution in [-0.4, -0.2) is 34.2 Å². The maximum atomic E-state index is 12.3. The summed E-state index contributed by atoms with van der Waals surface area (Å²) < 4.78 is 0. The Hall–Kier alpha value is -2.44. The molecule has 1 aromatic carbocycles. The molecule has 140 valence electrons. The first kappa shape index (κ1) is 16.7. The summed E-state index contributed by atoms with van der Waals surface area (Å²) in [4.78, 5) is 26.8. The van der Waals surface area contributed by atoms with Crippen molar-refractivity contribution >= 4 is 5.91 Å². The number of nitrogens with one attached hydrogen (secondary N) is 2. The number of amides is 1. The van der Waals surface area contributed by atoms with Crippen molar-refractivity contribution in [3.8, 4) is 0 Å². The van der Waals surface area contributed by atoms with Gasteiger partial charge in [-0.15, -0.1) is 0 Å².